The molecule has 2 heteroatoms. The number of aliphatic hydroxyl groups excluding tert-OH is 2. The van der Waals surface area contributed by atoms with Crippen LogP contribution in [-0.4, -0.2) is 22.9 Å². The van der Waals surface area contributed by atoms with Crippen LogP contribution in [0.2, 0.25) is 0 Å². The lowest BCUT2D eigenvalue weighted by Crippen LogP contribution is -2.40. The van der Waals surface area contributed by atoms with Crippen molar-refractivity contribution in [2.75, 3.05) is 6.61 Å². The van der Waals surface area contributed by atoms with Crippen LogP contribution in [0.4, 0.5) is 0 Å². The van der Waals surface area contributed by atoms with Gasteiger partial charge in [0.05, 0.1) is 12.7 Å². The molecule has 0 saturated heterocycles. The third kappa shape index (κ3) is 1.70. The summed E-state index contributed by atoms with van der Waals surface area (Å²) < 4.78 is 0. The average molecular weight is 170 g/mol. The molecule has 2 nitrogen and oxygen atoms in total. The Morgan fingerprint density at radius 3 is 2.75 bits per heavy atom. The van der Waals surface area contributed by atoms with E-state index < -0.39 is 0 Å². The van der Waals surface area contributed by atoms with Crippen molar-refractivity contribution < 1.29 is 10.2 Å². The Hall–Kier alpha value is -0.340. The highest BCUT2D eigenvalue weighted by molar-refractivity contribution is 4.93. The first-order valence-corrected chi connectivity index (χ1v) is 4.65. The van der Waals surface area contributed by atoms with Gasteiger partial charge in [-0.1, -0.05) is 18.9 Å². The first kappa shape index (κ1) is 9.75. The number of rotatable bonds is 3. The fourth-order valence-electron chi connectivity index (χ4n) is 2.06. The molecule has 0 spiro atoms. The third-order valence-corrected chi connectivity index (χ3v) is 2.97. The van der Waals surface area contributed by atoms with E-state index in [1.165, 1.54) is 0 Å². The molecule has 0 aromatic rings. The molecule has 2 atom stereocenters. The predicted molar refractivity (Wildman–Crippen MR) is 48.8 cm³/mol. The molecule has 1 saturated carbocycles. The van der Waals surface area contributed by atoms with Gasteiger partial charge < -0.3 is 10.2 Å². The molecule has 1 aliphatic rings. The van der Waals surface area contributed by atoms with Crippen LogP contribution in [0.25, 0.3) is 0 Å². The molecule has 1 aliphatic carbocycles. The molecule has 2 N–H and O–H groups in total. The zero-order valence-electron chi connectivity index (χ0n) is 7.50. The van der Waals surface area contributed by atoms with Crippen molar-refractivity contribution in [3.8, 4) is 0 Å². The number of hydrogen-bond acceptors (Lipinski definition) is 2. The number of hydrogen-bond donors (Lipinski definition) is 2. The van der Waals surface area contributed by atoms with Gasteiger partial charge in [-0.15, -0.1) is 6.58 Å². The summed E-state index contributed by atoms with van der Waals surface area (Å²) >= 11 is 0. The Morgan fingerprint density at radius 2 is 2.25 bits per heavy atom. The summed E-state index contributed by atoms with van der Waals surface area (Å²) in [6.07, 6.45) is 6.14. The highest BCUT2D eigenvalue weighted by atomic mass is 16.3. The molecule has 0 aliphatic heterocycles. The molecule has 0 bridgehead atoms. The highest BCUT2D eigenvalue weighted by Gasteiger charge is 2.37. The standard InChI is InChI=1S/C10H18O2/c1-2-6-10(8-11)7-4-3-5-9(10)12/h2,9,11-12H,1,3-8H2/t9-,10+/m0/s1. The molecular weight excluding hydrogens is 152 g/mol. The van der Waals surface area contributed by atoms with E-state index in [-0.39, 0.29) is 18.1 Å². The Bertz CT molecular complexity index is 156. The maximum absolute atomic E-state index is 9.74. The van der Waals surface area contributed by atoms with E-state index in [0.29, 0.717) is 0 Å². The van der Waals surface area contributed by atoms with Crippen molar-refractivity contribution in [2.45, 2.75) is 38.2 Å². The molecule has 0 aromatic carbocycles. The smallest absolute Gasteiger partial charge is 0.0621 e. The lowest BCUT2D eigenvalue weighted by Gasteiger charge is -2.39. The quantitative estimate of drug-likeness (QED) is 0.630. The maximum Gasteiger partial charge on any atom is 0.0621 e. The largest absolute Gasteiger partial charge is 0.396 e. The van der Waals surface area contributed by atoms with E-state index in [2.05, 4.69) is 6.58 Å². The highest BCUT2D eigenvalue weighted by Crippen LogP contribution is 2.39. The normalized spacial score (nSPS) is 36.3. The van der Waals surface area contributed by atoms with Gasteiger partial charge in [0.15, 0.2) is 0 Å². The van der Waals surface area contributed by atoms with E-state index in [1.54, 1.807) is 6.08 Å². The van der Waals surface area contributed by atoms with Gasteiger partial charge in [-0.25, -0.2) is 0 Å². The van der Waals surface area contributed by atoms with Crippen LogP contribution in [-0.2, 0) is 0 Å². The maximum atomic E-state index is 9.74. The van der Waals surface area contributed by atoms with Crippen molar-refractivity contribution in [3.63, 3.8) is 0 Å². The van der Waals surface area contributed by atoms with Crippen LogP contribution < -0.4 is 0 Å². The fraction of sp³-hybridized carbons (Fsp3) is 0.800. The Balaban J connectivity index is 2.65. The van der Waals surface area contributed by atoms with Crippen LogP contribution in [0.5, 0.6) is 0 Å². The second-order valence-corrected chi connectivity index (χ2v) is 3.77. The minimum atomic E-state index is -0.339. The molecule has 12 heavy (non-hydrogen) atoms. The van der Waals surface area contributed by atoms with E-state index in [4.69, 9.17) is 0 Å². The van der Waals surface area contributed by atoms with Gasteiger partial charge in [-0.2, -0.15) is 0 Å². The molecule has 0 heterocycles. The molecule has 1 rings (SSSR count). The molecule has 0 unspecified atom stereocenters. The van der Waals surface area contributed by atoms with Crippen molar-refractivity contribution >= 4 is 0 Å². The molecule has 70 valence electrons. The molecule has 0 amide bonds. The minimum Gasteiger partial charge on any atom is -0.396 e. The average Bonchev–Trinajstić information content (AvgIpc) is 2.10. The first-order chi connectivity index (χ1) is 5.75. The van der Waals surface area contributed by atoms with E-state index in [1.807, 2.05) is 0 Å². The summed E-state index contributed by atoms with van der Waals surface area (Å²) in [4.78, 5) is 0. The van der Waals surface area contributed by atoms with Gasteiger partial charge >= 0.3 is 0 Å². The molecule has 0 radical (unpaired) electrons. The monoisotopic (exact) mass is 170 g/mol. The van der Waals surface area contributed by atoms with Crippen LogP contribution in [0, 0.1) is 5.41 Å². The molecule has 1 fully saturated rings. The number of aliphatic hydroxyl groups is 2. The molecular formula is C10H18O2. The third-order valence-electron chi connectivity index (χ3n) is 2.97. The van der Waals surface area contributed by atoms with Crippen LogP contribution in [0.3, 0.4) is 0 Å². The SMILES string of the molecule is C=CC[C@]1(CO)CCCC[C@@H]1O. The van der Waals surface area contributed by atoms with Gasteiger partial charge in [0, 0.05) is 5.41 Å². The van der Waals surface area contributed by atoms with Gasteiger partial charge in [0.25, 0.3) is 0 Å². The van der Waals surface area contributed by atoms with Gasteiger partial charge in [-0.3, -0.25) is 0 Å². The summed E-state index contributed by atoms with van der Waals surface area (Å²) in [6.45, 7) is 3.74. The Kier molecular flexibility index (Phi) is 3.29. The summed E-state index contributed by atoms with van der Waals surface area (Å²) in [6, 6.07) is 0. The van der Waals surface area contributed by atoms with Crippen molar-refractivity contribution in [1.82, 2.24) is 0 Å². The Labute approximate surface area is 73.9 Å². The van der Waals surface area contributed by atoms with E-state index in [9.17, 15) is 10.2 Å². The van der Waals surface area contributed by atoms with E-state index in [0.717, 1.165) is 32.1 Å². The first-order valence-electron chi connectivity index (χ1n) is 4.65. The summed E-state index contributed by atoms with van der Waals surface area (Å²) in [5.74, 6) is 0. The van der Waals surface area contributed by atoms with Crippen LogP contribution in [0.15, 0.2) is 12.7 Å². The van der Waals surface area contributed by atoms with Gasteiger partial charge in [0.1, 0.15) is 0 Å². The Morgan fingerprint density at radius 1 is 1.50 bits per heavy atom. The zero-order chi connectivity index (χ0) is 9.03. The van der Waals surface area contributed by atoms with Gasteiger partial charge in [0.2, 0.25) is 0 Å². The second-order valence-electron chi connectivity index (χ2n) is 3.77. The van der Waals surface area contributed by atoms with Crippen molar-refractivity contribution in [1.29, 1.82) is 0 Å². The van der Waals surface area contributed by atoms with Gasteiger partial charge in [-0.05, 0) is 19.3 Å². The number of allylic oxidation sites excluding steroid dienone is 1. The van der Waals surface area contributed by atoms with E-state index >= 15 is 0 Å². The van der Waals surface area contributed by atoms with Crippen LogP contribution >= 0.6 is 0 Å². The lowest BCUT2D eigenvalue weighted by molar-refractivity contribution is -0.0454. The van der Waals surface area contributed by atoms with Crippen molar-refractivity contribution in [2.24, 2.45) is 5.41 Å². The van der Waals surface area contributed by atoms with Crippen LogP contribution in [0.1, 0.15) is 32.1 Å². The molecule has 0 aromatic heterocycles. The predicted octanol–water partition coefficient (Wildman–Crippen LogP) is 1.48. The fourth-order valence-corrected chi connectivity index (χ4v) is 2.06. The zero-order valence-corrected chi connectivity index (χ0v) is 7.50. The lowest BCUT2D eigenvalue weighted by atomic mass is 9.70. The minimum absolute atomic E-state index is 0.0835. The van der Waals surface area contributed by atoms with Crippen molar-refractivity contribution in [3.05, 3.63) is 12.7 Å². The summed E-state index contributed by atoms with van der Waals surface area (Å²) in [7, 11) is 0. The second kappa shape index (κ2) is 4.06. The summed E-state index contributed by atoms with van der Waals surface area (Å²) in [5.41, 5.74) is -0.278. The topological polar surface area (TPSA) is 40.5 Å². The summed E-state index contributed by atoms with van der Waals surface area (Å²) in [5, 5.41) is 19.0.